The maximum atomic E-state index is 10.7. The first-order valence-corrected chi connectivity index (χ1v) is 6.63. The lowest BCUT2D eigenvalue weighted by atomic mass is 10.3. The molecule has 1 aromatic heterocycles. The molecule has 0 amide bonds. The summed E-state index contributed by atoms with van der Waals surface area (Å²) >= 11 is 0. The molecule has 0 radical (unpaired) electrons. The van der Waals surface area contributed by atoms with E-state index >= 15 is 0 Å². The Morgan fingerprint density at radius 2 is 2.20 bits per heavy atom. The van der Waals surface area contributed by atoms with Crippen LogP contribution in [0.15, 0.2) is 23.0 Å². The van der Waals surface area contributed by atoms with Crippen LogP contribution in [0.4, 0.5) is 0 Å². The third-order valence-corrected chi connectivity index (χ3v) is 2.53. The Kier molecular flexibility index (Phi) is 4.80. The number of sulfonamides is 1. The molecule has 86 valence electrons. The molecule has 0 saturated heterocycles. The van der Waals surface area contributed by atoms with Gasteiger partial charge in [0.2, 0.25) is 10.0 Å². The number of rotatable bonds is 7. The van der Waals surface area contributed by atoms with Crippen molar-refractivity contribution in [2.75, 3.05) is 19.3 Å². The third kappa shape index (κ3) is 6.27. The van der Waals surface area contributed by atoms with Crippen LogP contribution in [0.5, 0.6) is 0 Å². The molecule has 0 bridgehead atoms. The van der Waals surface area contributed by atoms with Crippen molar-refractivity contribution in [2.45, 2.75) is 13.0 Å². The lowest BCUT2D eigenvalue weighted by molar-refractivity contribution is 0.558. The molecular formula is C9H16N2O3S. The van der Waals surface area contributed by atoms with Gasteiger partial charge in [-0.3, -0.25) is 0 Å². The lowest BCUT2D eigenvalue weighted by Gasteiger charge is -2.03. The molecule has 1 heterocycles. The highest BCUT2D eigenvalue weighted by atomic mass is 32.2. The van der Waals surface area contributed by atoms with E-state index in [1.54, 1.807) is 12.5 Å². The van der Waals surface area contributed by atoms with Gasteiger partial charge in [-0.2, -0.15) is 0 Å². The summed E-state index contributed by atoms with van der Waals surface area (Å²) in [5, 5.41) is 3.18. The average Bonchev–Trinajstić information content (AvgIpc) is 2.61. The normalized spacial score (nSPS) is 11.8. The molecule has 0 atom stereocenters. The second kappa shape index (κ2) is 5.89. The molecule has 5 nitrogen and oxygen atoms in total. The van der Waals surface area contributed by atoms with Gasteiger partial charge in [0, 0.05) is 18.7 Å². The summed E-state index contributed by atoms with van der Waals surface area (Å²) in [5.74, 6) is 0. The minimum Gasteiger partial charge on any atom is -0.472 e. The highest BCUT2D eigenvalue weighted by Crippen LogP contribution is 1.97. The number of hydrogen-bond donors (Lipinski definition) is 2. The Morgan fingerprint density at radius 1 is 1.40 bits per heavy atom. The van der Waals surface area contributed by atoms with Gasteiger partial charge in [0.05, 0.1) is 18.8 Å². The van der Waals surface area contributed by atoms with E-state index in [0.717, 1.165) is 31.3 Å². The smallest absolute Gasteiger partial charge is 0.208 e. The molecule has 0 saturated carbocycles. The molecule has 15 heavy (non-hydrogen) atoms. The van der Waals surface area contributed by atoms with Gasteiger partial charge < -0.3 is 9.73 Å². The SMILES string of the molecule is CS(=O)(=O)NCCCNCc1ccoc1. The van der Waals surface area contributed by atoms with Crippen LogP contribution in [0.25, 0.3) is 0 Å². The zero-order chi connectivity index (χ0) is 11.1. The average molecular weight is 232 g/mol. The Bertz CT molecular complexity index is 359. The first kappa shape index (κ1) is 12.2. The standard InChI is InChI=1S/C9H16N2O3S/c1-15(12,13)11-5-2-4-10-7-9-3-6-14-8-9/h3,6,8,10-11H,2,4-5,7H2,1H3. The van der Waals surface area contributed by atoms with Crippen LogP contribution in [0.1, 0.15) is 12.0 Å². The van der Waals surface area contributed by atoms with Crippen molar-refractivity contribution in [3.8, 4) is 0 Å². The highest BCUT2D eigenvalue weighted by molar-refractivity contribution is 7.88. The molecular weight excluding hydrogens is 216 g/mol. The Morgan fingerprint density at radius 3 is 2.80 bits per heavy atom. The van der Waals surface area contributed by atoms with Crippen molar-refractivity contribution in [3.05, 3.63) is 24.2 Å². The van der Waals surface area contributed by atoms with Crippen molar-refractivity contribution in [3.63, 3.8) is 0 Å². The highest BCUT2D eigenvalue weighted by Gasteiger charge is 1.98. The van der Waals surface area contributed by atoms with Crippen molar-refractivity contribution in [1.82, 2.24) is 10.0 Å². The fourth-order valence-electron chi connectivity index (χ4n) is 1.10. The van der Waals surface area contributed by atoms with E-state index in [0.29, 0.717) is 6.54 Å². The van der Waals surface area contributed by atoms with Crippen LogP contribution < -0.4 is 10.0 Å². The minimum absolute atomic E-state index is 0.469. The first-order chi connectivity index (χ1) is 7.08. The van der Waals surface area contributed by atoms with Gasteiger partial charge in [-0.15, -0.1) is 0 Å². The van der Waals surface area contributed by atoms with Crippen molar-refractivity contribution >= 4 is 10.0 Å². The Hall–Kier alpha value is -0.850. The van der Waals surface area contributed by atoms with Crippen LogP contribution in [-0.2, 0) is 16.6 Å². The van der Waals surface area contributed by atoms with E-state index in [1.165, 1.54) is 0 Å². The Balaban J connectivity index is 1.99. The van der Waals surface area contributed by atoms with Gasteiger partial charge in [-0.25, -0.2) is 13.1 Å². The van der Waals surface area contributed by atoms with Gasteiger partial charge >= 0.3 is 0 Å². The number of furan rings is 1. The predicted octanol–water partition coefficient (Wildman–Crippen LogP) is 0.309. The molecule has 0 unspecified atom stereocenters. The molecule has 0 aliphatic heterocycles. The zero-order valence-electron chi connectivity index (χ0n) is 8.69. The van der Waals surface area contributed by atoms with E-state index in [1.807, 2.05) is 6.07 Å². The maximum absolute atomic E-state index is 10.7. The van der Waals surface area contributed by atoms with Crippen molar-refractivity contribution in [1.29, 1.82) is 0 Å². The van der Waals surface area contributed by atoms with E-state index in [-0.39, 0.29) is 0 Å². The fraction of sp³-hybridized carbons (Fsp3) is 0.556. The molecule has 0 aromatic carbocycles. The van der Waals surface area contributed by atoms with Crippen molar-refractivity contribution in [2.24, 2.45) is 0 Å². The molecule has 1 rings (SSSR count). The van der Waals surface area contributed by atoms with Gasteiger partial charge in [0.25, 0.3) is 0 Å². The summed E-state index contributed by atoms with van der Waals surface area (Å²) in [6, 6.07) is 1.89. The van der Waals surface area contributed by atoms with Gasteiger partial charge in [0.15, 0.2) is 0 Å². The molecule has 0 aliphatic rings. The van der Waals surface area contributed by atoms with Gasteiger partial charge in [-0.05, 0) is 19.0 Å². The van der Waals surface area contributed by atoms with Crippen molar-refractivity contribution < 1.29 is 12.8 Å². The molecule has 0 fully saturated rings. The predicted molar refractivity (Wildman–Crippen MR) is 57.9 cm³/mol. The summed E-state index contributed by atoms with van der Waals surface area (Å²) in [5.41, 5.74) is 1.09. The van der Waals surface area contributed by atoms with Crippen LogP contribution in [0.3, 0.4) is 0 Å². The largest absolute Gasteiger partial charge is 0.472 e. The van der Waals surface area contributed by atoms with E-state index in [9.17, 15) is 8.42 Å². The van der Waals surface area contributed by atoms with Crippen LogP contribution in [0.2, 0.25) is 0 Å². The van der Waals surface area contributed by atoms with Crippen LogP contribution in [0, 0.1) is 0 Å². The second-order valence-corrected chi connectivity index (χ2v) is 5.16. The quantitative estimate of drug-likeness (QED) is 0.664. The molecule has 2 N–H and O–H groups in total. The number of hydrogen-bond acceptors (Lipinski definition) is 4. The first-order valence-electron chi connectivity index (χ1n) is 4.74. The third-order valence-electron chi connectivity index (χ3n) is 1.80. The second-order valence-electron chi connectivity index (χ2n) is 3.33. The molecule has 0 spiro atoms. The molecule has 0 aliphatic carbocycles. The van der Waals surface area contributed by atoms with Crippen LogP contribution >= 0.6 is 0 Å². The zero-order valence-corrected chi connectivity index (χ0v) is 9.51. The van der Waals surface area contributed by atoms with E-state index in [2.05, 4.69) is 10.0 Å². The summed E-state index contributed by atoms with van der Waals surface area (Å²) < 4.78 is 28.7. The summed E-state index contributed by atoms with van der Waals surface area (Å²) in [4.78, 5) is 0. The lowest BCUT2D eigenvalue weighted by Crippen LogP contribution is -2.26. The topological polar surface area (TPSA) is 71.3 Å². The summed E-state index contributed by atoms with van der Waals surface area (Å²) in [6.45, 7) is 1.99. The number of nitrogens with one attached hydrogen (secondary N) is 2. The monoisotopic (exact) mass is 232 g/mol. The van der Waals surface area contributed by atoms with E-state index in [4.69, 9.17) is 4.42 Å². The fourth-order valence-corrected chi connectivity index (χ4v) is 1.61. The van der Waals surface area contributed by atoms with Crippen LogP contribution in [-0.4, -0.2) is 27.8 Å². The molecule has 6 heteroatoms. The van der Waals surface area contributed by atoms with E-state index < -0.39 is 10.0 Å². The molecule has 1 aromatic rings. The summed E-state index contributed by atoms with van der Waals surface area (Å²) in [7, 11) is -3.05. The Labute approximate surface area is 89.9 Å². The summed E-state index contributed by atoms with van der Waals surface area (Å²) in [6.07, 6.45) is 5.24. The minimum atomic E-state index is -3.05. The van der Waals surface area contributed by atoms with Gasteiger partial charge in [0.1, 0.15) is 0 Å². The maximum Gasteiger partial charge on any atom is 0.208 e. The van der Waals surface area contributed by atoms with Gasteiger partial charge in [-0.1, -0.05) is 0 Å².